The van der Waals surface area contributed by atoms with E-state index in [-0.39, 0.29) is 17.6 Å². The maximum atomic E-state index is 13.4. The van der Waals surface area contributed by atoms with Gasteiger partial charge in [-0.1, -0.05) is 18.2 Å². The molecule has 0 aliphatic rings. The lowest BCUT2D eigenvalue weighted by atomic mass is 10.0. The fourth-order valence-electron chi connectivity index (χ4n) is 3.58. The highest BCUT2D eigenvalue weighted by Crippen LogP contribution is 2.35. The lowest BCUT2D eigenvalue weighted by Crippen LogP contribution is -2.37. The van der Waals surface area contributed by atoms with E-state index < -0.39 is 35.8 Å². The van der Waals surface area contributed by atoms with E-state index in [1.807, 2.05) is 20.8 Å². The summed E-state index contributed by atoms with van der Waals surface area (Å²) in [6.07, 6.45) is -9.81. The molecule has 0 aliphatic heterocycles. The van der Waals surface area contributed by atoms with Crippen LogP contribution in [0, 0.1) is 5.41 Å². The van der Waals surface area contributed by atoms with Crippen LogP contribution in [0.15, 0.2) is 66.7 Å². The van der Waals surface area contributed by atoms with Crippen LogP contribution >= 0.6 is 0 Å². The summed E-state index contributed by atoms with van der Waals surface area (Å²) >= 11 is 0. The van der Waals surface area contributed by atoms with Crippen molar-refractivity contribution >= 4 is 29.1 Å². The maximum Gasteiger partial charge on any atom is 0.490 e. The number of carboxylic acids is 1. The highest BCUT2D eigenvalue weighted by atomic mass is 19.4. The predicted molar refractivity (Wildman–Crippen MR) is 154 cm³/mol. The van der Waals surface area contributed by atoms with E-state index in [1.54, 1.807) is 42.5 Å². The second kappa shape index (κ2) is 15.5. The first-order valence-corrected chi connectivity index (χ1v) is 13.1. The molecule has 0 heterocycles. The molecule has 3 rings (SSSR count). The number of aliphatic carboxylic acids is 1. The molecule has 3 aromatic rings. The van der Waals surface area contributed by atoms with Crippen molar-refractivity contribution in [1.29, 1.82) is 5.41 Å². The molecule has 0 radical (unpaired) electrons. The van der Waals surface area contributed by atoms with Crippen molar-refractivity contribution in [3.8, 4) is 11.5 Å². The Morgan fingerprint density at radius 2 is 1.56 bits per heavy atom. The molecule has 0 spiro atoms. The molecule has 0 fully saturated rings. The Kier molecular flexibility index (Phi) is 12.4. The van der Waals surface area contributed by atoms with Gasteiger partial charge < -0.3 is 25.6 Å². The molecule has 0 bridgehead atoms. The normalized spacial score (nSPS) is 11.9. The number of ether oxygens (including phenoxy) is 2. The SMILES string of the molecule is CCOc1cc(C(Nc2ccc(C(=N)N)cc2)C(=O)NNc2ccccc2C(F)(F)F)ccc1OC(C)C.O=C(O)C(F)(F)F. The maximum absolute atomic E-state index is 13.4. The Hall–Kier alpha value is -5.15. The van der Waals surface area contributed by atoms with Gasteiger partial charge in [0.2, 0.25) is 0 Å². The fourth-order valence-corrected chi connectivity index (χ4v) is 3.58. The number of alkyl halides is 6. The van der Waals surface area contributed by atoms with Crippen molar-refractivity contribution in [1.82, 2.24) is 5.43 Å². The van der Waals surface area contributed by atoms with Crippen LogP contribution in [0.4, 0.5) is 37.7 Å². The zero-order valence-electron chi connectivity index (χ0n) is 24.1. The van der Waals surface area contributed by atoms with Crippen molar-refractivity contribution in [2.75, 3.05) is 17.3 Å². The lowest BCUT2D eigenvalue weighted by molar-refractivity contribution is -0.192. The number of nitrogens with two attached hydrogens (primary N) is 1. The van der Waals surface area contributed by atoms with Crippen molar-refractivity contribution in [3.63, 3.8) is 0 Å². The molecule has 0 aromatic heterocycles. The number of hydrazine groups is 1. The Bertz CT molecular complexity index is 1460. The van der Waals surface area contributed by atoms with Crippen LogP contribution in [-0.4, -0.2) is 41.7 Å². The molecule has 0 saturated heterocycles. The van der Waals surface area contributed by atoms with E-state index in [0.29, 0.717) is 34.9 Å². The molecule has 7 N–H and O–H groups in total. The van der Waals surface area contributed by atoms with Gasteiger partial charge in [-0.2, -0.15) is 26.3 Å². The number of nitrogen functional groups attached to an aromatic ring is 1. The van der Waals surface area contributed by atoms with Crippen molar-refractivity contribution in [2.45, 2.75) is 45.3 Å². The molecule has 16 heteroatoms. The van der Waals surface area contributed by atoms with Crippen LogP contribution in [0.25, 0.3) is 0 Å². The summed E-state index contributed by atoms with van der Waals surface area (Å²) in [7, 11) is 0. The van der Waals surface area contributed by atoms with E-state index in [0.717, 1.165) is 6.07 Å². The van der Waals surface area contributed by atoms with E-state index in [4.69, 9.17) is 30.5 Å². The molecule has 0 aliphatic carbocycles. The smallest absolute Gasteiger partial charge is 0.490 e. The summed E-state index contributed by atoms with van der Waals surface area (Å²) in [6.45, 7) is 5.91. The summed E-state index contributed by atoms with van der Waals surface area (Å²) in [5.41, 5.74) is 10.6. The minimum absolute atomic E-state index is 0.111. The van der Waals surface area contributed by atoms with Gasteiger partial charge in [0, 0.05) is 11.3 Å². The third kappa shape index (κ3) is 11.1. The quantitative estimate of drug-likeness (QED) is 0.0633. The minimum atomic E-state index is -5.08. The number of nitrogens with one attached hydrogen (secondary N) is 4. The number of para-hydroxylation sites is 1. The molecular formula is C29H31F6N5O5. The van der Waals surface area contributed by atoms with Gasteiger partial charge in [0.05, 0.1) is 24.0 Å². The lowest BCUT2D eigenvalue weighted by Gasteiger charge is -2.23. The molecule has 1 unspecified atom stereocenters. The standard InChI is InChI=1S/C27H30F3N5O3.C2HF3O2/c1-4-37-23-15-18(11-14-22(23)38-16(2)3)24(33-19-12-9-17(10-13-19)25(31)32)26(36)35-34-21-8-6-5-7-20(21)27(28,29)30;3-2(4,5)1(6)7/h5-16,24,33-34H,4H2,1-3H3,(H3,31,32)(H,35,36);(H,6,7). The average Bonchev–Trinajstić information content (AvgIpc) is 2.95. The van der Waals surface area contributed by atoms with Crippen LogP contribution < -0.4 is 31.4 Å². The average molecular weight is 644 g/mol. The molecule has 10 nitrogen and oxygen atoms in total. The number of hydrogen-bond donors (Lipinski definition) is 6. The van der Waals surface area contributed by atoms with Crippen LogP contribution in [-0.2, 0) is 15.8 Å². The van der Waals surface area contributed by atoms with E-state index in [9.17, 15) is 31.1 Å². The van der Waals surface area contributed by atoms with Gasteiger partial charge in [0.15, 0.2) is 11.5 Å². The molecular weight excluding hydrogens is 612 g/mol. The summed E-state index contributed by atoms with van der Waals surface area (Å²) in [4.78, 5) is 22.2. The van der Waals surface area contributed by atoms with E-state index >= 15 is 0 Å². The first kappa shape index (κ1) is 36.0. The van der Waals surface area contributed by atoms with Gasteiger partial charge in [0.25, 0.3) is 5.91 Å². The summed E-state index contributed by atoms with van der Waals surface area (Å²) < 4.78 is 83.5. The highest BCUT2D eigenvalue weighted by molar-refractivity contribution is 5.95. The third-order valence-corrected chi connectivity index (χ3v) is 5.53. The summed E-state index contributed by atoms with van der Waals surface area (Å²) in [6, 6.07) is 15.3. The summed E-state index contributed by atoms with van der Waals surface area (Å²) in [5.74, 6) is -2.61. The van der Waals surface area contributed by atoms with Crippen LogP contribution in [0.5, 0.6) is 11.5 Å². The number of amides is 1. The highest BCUT2D eigenvalue weighted by Gasteiger charge is 2.38. The number of rotatable bonds is 11. The second-order valence-electron chi connectivity index (χ2n) is 9.33. The molecule has 3 aromatic carbocycles. The zero-order valence-corrected chi connectivity index (χ0v) is 24.1. The molecule has 45 heavy (non-hydrogen) atoms. The van der Waals surface area contributed by atoms with E-state index in [1.165, 1.54) is 18.2 Å². The van der Waals surface area contributed by atoms with Crippen molar-refractivity contribution in [2.24, 2.45) is 5.73 Å². The van der Waals surface area contributed by atoms with Gasteiger partial charge in [-0.3, -0.25) is 21.1 Å². The number of hydrogen-bond acceptors (Lipinski definition) is 7. The molecule has 244 valence electrons. The van der Waals surface area contributed by atoms with Gasteiger partial charge in [-0.15, -0.1) is 0 Å². The third-order valence-electron chi connectivity index (χ3n) is 5.53. The predicted octanol–water partition coefficient (Wildman–Crippen LogP) is 6.11. The van der Waals surface area contributed by atoms with Crippen LogP contribution in [0.1, 0.15) is 43.5 Å². The van der Waals surface area contributed by atoms with Gasteiger partial charge in [-0.05, 0) is 74.9 Å². The van der Waals surface area contributed by atoms with Crippen LogP contribution in [0.3, 0.4) is 0 Å². The first-order chi connectivity index (χ1) is 20.9. The van der Waals surface area contributed by atoms with E-state index in [2.05, 4.69) is 16.2 Å². The largest absolute Gasteiger partial charge is 0.490 e. The monoisotopic (exact) mass is 643 g/mol. The fraction of sp³-hybridized carbons (Fsp3) is 0.276. The Balaban J connectivity index is 0.000000900. The number of amidine groups is 1. The Morgan fingerprint density at radius 1 is 0.956 bits per heavy atom. The molecule has 1 amide bonds. The molecule has 0 saturated carbocycles. The number of benzene rings is 3. The number of carbonyl (C=O) groups is 2. The number of carboxylic acid groups (broad SMARTS) is 1. The zero-order chi connectivity index (χ0) is 33.9. The van der Waals surface area contributed by atoms with Crippen molar-refractivity contribution < 1.29 is 50.5 Å². The molecule has 1 atom stereocenters. The number of carbonyl (C=O) groups excluding carboxylic acids is 1. The van der Waals surface area contributed by atoms with Crippen molar-refractivity contribution in [3.05, 3.63) is 83.4 Å². The second-order valence-corrected chi connectivity index (χ2v) is 9.33. The van der Waals surface area contributed by atoms with Crippen LogP contribution in [0.2, 0.25) is 0 Å². The Labute approximate surface area is 254 Å². The van der Waals surface area contributed by atoms with Gasteiger partial charge in [-0.25, -0.2) is 4.79 Å². The first-order valence-electron chi connectivity index (χ1n) is 13.1. The van der Waals surface area contributed by atoms with Gasteiger partial charge in [0.1, 0.15) is 11.9 Å². The van der Waals surface area contributed by atoms with Gasteiger partial charge >= 0.3 is 18.3 Å². The Morgan fingerprint density at radius 3 is 2.07 bits per heavy atom. The number of halogens is 6. The minimum Gasteiger partial charge on any atom is -0.490 e. The number of anilines is 2. The topological polar surface area (TPSA) is 159 Å². The summed E-state index contributed by atoms with van der Waals surface area (Å²) in [5, 5.41) is 17.8.